The predicted molar refractivity (Wildman–Crippen MR) is 143 cm³/mol. The first-order valence-electron chi connectivity index (χ1n) is 12.2. The molecule has 1 aliphatic carbocycles. The summed E-state index contributed by atoms with van der Waals surface area (Å²) in [6.45, 7) is 2.80. The average molecular weight is 490 g/mol. The largest absolute Gasteiger partial charge is 0.341 e. The van der Waals surface area contributed by atoms with Crippen molar-refractivity contribution in [3.05, 3.63) is 112 Å². The quantitative estimate of drug-likeness (QED) is 0.246. The van der Waals surface area contributed by atoms with Crippen LogP contribution in [0.1, 0.15) is 30.4 Å². The molecule has 4 rings (SSSR count). The van der Waals surface area contributed by atoms with Gasteiger partial charge in [-0.2, -0.15) is 0 Å². The first kappa shape index (κ1) is 25.0. The van der Waals surface area contributed by atoms with Crippen molar-refractivity contribution in [2.24, 2.45) is 0 Å². The fraction of sp³-hybridized carbons (Fsp3) is 0.276. The number of carbonyl (C=O) groups excluding carboxylic acids is 1. The average Bonchev–Trinajstić information content (AvgIpc) is 3.03. The number of allylic oxidation sites excluding steroid dienone is 5. The van der Waals surface area contributed by atoms with Gasteiger partial charge in [0.2, 0.25) is 0 Å². The van der Waals surface area contributed by atoms with Gasteiger partial charge in [0, 0.05) is 35.6 Å². The van der Waals surface area contributed by atoms with Crippen LogP contribution >= 0.6 is 11.6 Å². The number of nitrogens with zero attached hydrogens (tertiary/aromatic N) is 1. The summed E-state index contributed by atoms with van der Waals surface area (Å²) in [5, 5.41) is 4.18. The number of halogens is 1. The van der Waals surface area contributed by atoms with Crippen LogP contribution in [0.25, 0.3) is 0 Å². The van der Waals surface area contributed by atoms with Crippen molar-refractivity contribution >= 4 is 23.2 Å². The van der Waals surface area contributed by atoms with Crippen molar-refractivity contribution in [2.75, 3.05) is 24.5 Å². The number of nitrogens with one attached hydrogen (secondary N) is 2. The molecule has 2 aliphatic rings. The van der Waals surface area contributed by atoms with E-state index < -0.39 is 0 Å². The molecule has 6 heteroatoms. The van der Waals surface area contributed by atoms with E-state index in [4.69, 9.17) is 16.4 Å². The molecule has 2 N–H and O–H groups in total. The Hall–Kier alpha value is -3.12. The molecule has 2 aromatic carbocycles. The lowest BCUT2D eigenvalue weighted by Gasteiger charge is -2.30. The lowest BCUT2D eigenvalue weighted by molar-refractivity contribution is -0.129. The summed E-state index contributed by atoms with van der Waals surface area (Å²) in [4.78, 5) is 19.5. The molecule has 0 spiro atoms. The van der Waals surface area contributed by atoms with E-state index >= 15 is 0 Å². The Kier molecular flexibility index (Phi) is 9.35. The van der Waals surface area contributed by atoms with Crippen molar-refractivity contribution in [1.82, 2.24) is 10.8 Å². The summed E-state index contributed by atoms with van der Waals surface area (Å²) >= 11 is 6.37. The number of benzene rings is 2. The van der Waals surface area contributed by atoms with E-state index in [0.717, 1.165) is 49.4 Å². The van der Waals surface area contributed by atoms with Gasteiger partial charge in [0.15, 0.2) is 0 Å². The molecule has 35 heavy (non-hydrogen) atoms. The first-order chi connectivity index (χ1) is 17.2. The standard InChI is InChI=1S/C29H32ClN3O2/c30-26-17-16-25-15-14-24-11-4-5-12-27(24)33(28(25)21-26)20-7-6-18-31-19-8-13-29(34)32-35-22-23-9-2-1-3-10-23/h1-5,8-13,15,17,21,31H,6-7,14,16,18-20,22H2,(H,32,34)/b13-8+. The first-order valence-corrected chi connectivity index (χ1v) is 12.5. The maximum atomic E-state index is 11.8. The summed E-state index contributed by atoms with van der Waals surface area (Å²) in [6, 6.07) is 18.4. The van der Waals surface area contributed by atoms with Gasteiger partial charge in [-0.3, -0.25) is 9.63 Å². The molecule has 0 unspecified atom stereocenters. The van der Waals surface area contributed by atoms with Gasteiger partial charge >= 0.3 is 0 Å². The minimum atomic E-state index is -0.264. The highest BCUT2D eigenvalue weighted by Crippen LogP contribution is 2.36. The number of para-hydroxylation sites is 1. The van der Waals surface area contributed by atoms with Gasteiger partial charge < -0.3 is 10.2 Å². The zero-order valence-electron chi connectivity index (χ0n) is 19.9. The third-order valence-electron chi connectivity index (χ3n) is 6.03. The Balaban J connectivity index is 1.17. The van der Waals surface area contributed by atoms with E-state index in [1.54, 1.807) is 0 Å². The molecule has 182 valence electrons. The molecule has 0 atom stereocenters. The molecule has 0 radical (unpaired) electrons. The van der Waals surface area contributed by atoms with Gasteiger partial charge in [-0.25, -0.2) is 5.48 Å². The fourth-order valence-electron chi connectivity index (χ4n) is 4.25. The van der Waals surface area contributed by atoms with Gasteiger partial charge in [0.25, 0.3) is 5.91 Å². The number of unbranched alkanes of at least 4 members (excludes halogenated alkanes) is 1. The lowest BCUT2D eigenvalue weighted by Crippen LogP contribution is -2.27. The van der Waals surface area contributed by atoms with E-state index in [-0.39, 0.29) is 5.91 Å². The van der Waals surface area contributed by atoms with Crippen LogP contribution in [0, 0.1) is 0 Å². The van der Waals surface area contributed by atoms with E-state index in [1.807, 2.05) is 36.4 Å². The van der Waals surface area contributed by atoms with Gasteiger partial charge in [-0.05, 0) is 61.1 Å². The number of hydrogen-bond acceptors (Lipinski definition) is 4. The molecule has 0 fully saturated rings. The van der Waals surface area contributed by atoms with Crippen LogP contribution < -0.4 is 15.7 Å². The van der Waals surface area contributed by atoms with Crippen LogP contribution in [0.15, 0.2) is 101 Å². The normalized spacial score (nSPS) is 15.0. The summed E-state index contributed by atoms with van der Waals surface area (Å²) in [7, 11) is 0. The SMILES string of the molecule is O=C(/C=C/CNCCCCN1C2=CC(Cl)=CCC2=CCc2ccccc21)NOCc1ccccc1. The van der Waals surface area contributed by atoms with E-state index in [9.17, 15) is 4.79 Å². The number of hydrogen-bond donors (Lipinski definition) is 2. The van der Waals surface area contributed by atoms with Crippen molar-refractivity contribution in [3.63, 3.8) is 0 Å². The molecule has 0 saturated heterocycles. The number of fused-ring (bicyclic) bond motifs is 2. The second-order valence-electron chi connectivity index (χ2n) is 8.59. The Morgan fingerprint density at radius 3 is 2.74 bits per heavy atom. The Morgan fingerprint density at radius 1 is 1.03 bits per heavy atom. The second-order valence-corrected chi connectivity index (χ2v) is 9.03. The van der Waals surface area contributed by atoms with E-state index in [2.05, 4.69) is 58.2 Å². The number of anilines is 1. The Morgan fingerprint density at radius 2 is 1.86 bits per heavy atom. The molecular weight excluding hydrogens is 458 g/mol. The van der Waals surface area contributed by atoms with Crippen LogP contribution in [-0.2, 0) is 22.7 Å². The topological polar surface area (TPSA) is 53.6 Å². The van der Waals surface area contributed by atoms with Crippen molar-refractivity contribution in [1.29, 1.82) is 0 Å². The van der Waals surface area contributed by atoms with Crippen molar-refractivity contribution < 1.29 is 9.63 Å². The van der Waals surface area contributed by atoms with Crippen LogP contribution in [0.5, 0.6) is 0 Å². The molecule has 5 nitrogen and oxygen atoms in total. The number of rotatable bonds is 11. The summed E-state index contributed by atoms with van der Waals surface area (Å²) in [6.07, 6.45) is 13.7. The minimum Gasteiger partial charge on any atom is -0.341 e. The van der Waals surface area contributed by atoms with E-state index in [1.165, 1.54) is 28.6 Å². The zero-order chi connectivity index (χ0) is 24.3. The second kappa shape index (κ2) is 13.1. The number of amides is 1. The van der Waals surface area contributed by atoms with Crippen LogP contribution in [-0.4, -0.2) is 25.5 Å². The third-order valence-corrected chi connectivity index (χ3v) is 6.30. The maximum Gasteiger partial charge on any atom is 0.267 e. The molecule has 0 bridgehead atoms. The minimum absolute atomic E-state index is 0.264. The van der Waals surface area contributed by atoms with Crippen molar-refractivity contribution in [2.45, 2.75) is 32.3 Å². The lowest BCUT2D eigenvalue weighted by atomic mass is 10.0. The summed E-state index contributed by atoms with van der Waals surface area (Å²) in [5.74, 6) is -0.264. The molecule has 0 saturated carbocycles. The van der Waals surface area contributed by atoms with Crippen LogP contribution in [0.2, 0.25) is 0 Å². The van der Waals surface area contributed by atoms with E-state index in [0.29, 0.717) is 13.2 Å². The molecular formula is C29H32ClN3O2. The summed E-state index contributed by atoms with van der Waals surface area (Å²) < 4.78 is 0. The molecule has 1 heterocycles. The predicted octanol–water partition coefficient (Wildman–Crippen LogP) is 5.56. The number of carbonyl (C=O) groups is 1. The highest BCUT2D eigenvalue weighted by Gasteiger charge is 2.22. The monoisotopic (exact) mass is 489 g/mol. The highest BCUT2D eigenvalue weighted by molar-refractivity contribution is 6.31. The van der Waals surface area contributed by atoms with Gasteiger partial charge in [-0.1, -0.05) is 78.4 Å². The third kappa shape index (κ3) is 7.43. The molecule has 2 aromatic rings. The molecule has 1 amide bonds. The Labute approximate surface area is 212 Å². The molecule has 0 aromatic heterocycles. The highest BCUT2D eigenvalue weighted by atomic mass is 35.5. The fourth-order valence-corrected chi connectivity index (χ4v) is 4.43. The zero-order valence-corrected chi connectivity index (χ0v) is 20.6. The van der Waals surface area contributed by atoms with Crippen molar-refractivity contribution in [3.8, 4) is 0 Å². The van der Waals surface area contributed by atoms with Crippen LogP contribution in [0.3, 0.4) is 0 Å². The smallest absolute Gasteiger partial charge is 0.267 e. The van der Waals surface area contributed by atoms with Crippen LogP contribution in [0.4, 0.5) is 5.69 Å². The maximum absolute atomic E-state index is 11.8. The Bertz CT molecular complexity index is 1120. The van der Waals surface area contributed by atoms with Gasteiger partial charge in [0.05, 0.1) is 6.61 Å². The number of hydroxylamine groups is 1. The van der Waals surface area contributed by atoms with Gasteiger partial charge in [0.1, 0.15) is 0 Å². The van der Waals surface area contributed by atoms with Gasteiger partial charge in [-0.15, -0.1) is 0 Å². The molecule has 1 aliphatic heterocycles. The summed E-state index contributed by atoms with van der Waals surface area (Å²) in [5.41, 5.74) is 8.63.